The molecule has 0 saturated carbocycles. The number of nitrogens with zero attached hydrogens (tertiary/aromatic N) is 2. The minimum absolute atomic E-state index is 0.0458. The lowest BCUT2D eigenvalue weighted by Gasteiger charge is -2.55. The van der Waals surface area contributed by atoms with Gasteiger partial charge in [0.1, 0.15) is 24.1 Å². The quantitative estimate of drug-likeness (QED) is 0.462. The molecule has 3 aliphatic rings. The maximum Gasteiger partial charge on any atom is 0.411 e. The molecule has 3 atom stereocenters. The Morgan fingerprint density at radius 3 is 2.54 bits per heavy atom. The van der Waals surface area contributed by atoms with E-state index in [1.165, 1.54) is 0 Å². The number of hydrogen-bond acceptors (Lipinski definition) is 6. The van der Waals surface area contributed by atoms with Crippen molar-refractivity contribution in [3.05, 3.63) is 89.0 Å². The minimum atomic E-state index is -0.657. The highest BCUT2D eigenvalue weighted by atomic mass is 16.5. The van der Waals surface area contributed by atoms with Gasteiger partial charge in [-0.25, -0.2) is 4.79 Å². The summed E-state index contributed by atoms with van der Waals surface area (Å²) in [4.78, 5) is 44.6. The van der Waals surface area contributed by atoms with E-state index in [1.54, 1.807) is 43.4 Å². The van der Waals surface area contributed by atoms with Gasteiger partial charge >= 0.3 is 6.09 Å². The van der Waals surface area contributed by atoms with Gasteiger partial charge in [-0.3, -0.25) is 14.9 Å². The molecule has 2 saturated heterocycles. The fourth-order valence-corrected chi connectivity index (χ4v) is 6.52. The summed E-state index contributed by atoms with van der Waals surface area (Å²) in [6.45, 7) is 0.685. The Labute approximate surface area is 239 Å². The zero-order chi connectivity index (χ0) is 28.5. The molecule has 0 aliphatic carbocycles. The largest absolute Gasteiger partial charge is 0.497 e. The topological polar surface area (TPSA) is 97.4 Å². The Bertz CT molecular complexity index is 1460. The van der Waals surface area contributed by atoms with E-state index in [2.05, 4.69) is 5.32 Å². The number of anilines is 1. The summed E-state index contributed by atoms with van der Waals surface area (Å²) in [6, 6.07) is 19.0. The molecule has 3 aromatic rings. The van der Waals surface area contributed by atoms with E-state index in [1.807, 2.05) is 47.4 Å². The first-order valence-corrected chi connectivity index (χ1v) is 13.9. The van der Waals surface area contributed by atoms with Crippen molar-refractivity contribution < 1.29 is 28.6 Å². The third kappa shape index (κ3) is 4.85. The normalized spacial score (nSPS) is 20.9. The number of nitrogens with one attached hydrogen (secondary N) is 1. The zero-order valence-corrected chi connectivity index (χ0v) is 23.2. The van der Waals surface area contributed by atoms with Crippen LogP contribution in [-0.2, 0) is 22.6 Å². The van der Waals surface area contributed by atoms with Crippen molar-refractivity contribution >= 4 is 23.6 Å². The van der Waals surface area contributed by atoms with Gasteiger partial charge in [-0.2, -0.15) is 0 Å². The monoisotopic (exact) mass is 555 g/mol. The van der Waals surface area contributed by atoms with Gasteiger partial charge in [-0.05, 0) is 55.0 Å². The third-order valence-electron chi connectivity index (χ3n) is 8.36. The van der Waals surface area contributed by atoms with Gasteiger partial charge < -0.3 is 24.0 Å². The smallest absolute Gasteiger partial charge is 0.411 e. The molecule has 0 aromatic heterocycles. The number of rotatable bonds is 6. The molecule has 9 nitrogen and oxygen atoms in total. The van der Waals surface area contributed by atoms with Crippen LogP contribution in [0.5, 0.6) is 11.5 Å². The fourth-order valence-electron chi connectivity index (χ4n) is 6.52. The number of ether oxygens (including phenoxy) is 3. The number of piperidine rings is 1. The van der Waals surface area contributed by atoms with E-state index in [-0.39, 0.29) is 30.5 Å². The number of methoxy groups -OCH3 is 2. The van der Waals surface area contributed by atoms with Crippen LogP contribution in [0.4, 0.5) is 10.5 Å². The first-order valence-electron chi connectivity index (χ1n) is 13.9. The second-order valence-corrected chi connectivity index (χ2v) is 10.6. The van der Waals surface area contributed by atoms with Crippen LogP contribution in [0, 0.1) is 0 Å². The van der Waals surface area contributed by atoms with E-state index < -0.39 is 12.1 Å². The van der Waals surface area contributed by atoms with Crippen LogP contribution in [0.2, 0.25) is 0 Å². The lowest BCUT2D eigenvalue weighted by atomic mass is 9.77. The van der Waals surface area contributed by atoms with Crippen LogP contribution in [0.1, 0.15) is 52.4 Å². The average molecular weight is 556 g/mol. The van der Waals surface area contributed by atoms with Gasteiger partial charge in [0.2, 0.25) is 5.91 Å². The number of para-hydroxylation sites is 1. The molecule has 2 fully saturated rings. The van der Waals surface area contributed by atoms with Gasteiger partial charge in [-0.1, -0.05) is 42.5 Å². The van der Waals surface area contributed by atoms with Gasteiger partial charge in [0.25, 0.3) is 5.91 Å². The van der Waals surface area contributed by atoms with Crippen LogP contribution >= 0.6 is 0 Å². The van der Waals surface area contributed by atoms with Gasteiger partial charge in [0.05, 0.1) is 37.6 Å². The molecule has 2 unspecified atom stereocenters. The molecule has 41 heavy (non-hydrogen) atoms. The standard InChI is InChI=1S/C32H33N3O6/c1-39-22-17-21-15-16-34-29(28(21)27(18-22)40-2)25-13-8-14-26(31(34)37)35(25)30(36)23-11-6-7-12-24(23)33-32(38)41-19-20-9-4-3-5-10-20/h3-7,9-12,17-18,25-26,29H,8,13-16,19H2,1-2H3,(H,33,38)/t25?,26-,29?/m1/s1. The maximum atomic E-state index is 14.3. The fraction of sp³-hybridized carbons (Fsp3) is 0.344. The molecule has 212 valence electrons. The summed E-state index contributed by atoms with van der Waals surface area (Å²) in [5.41, 5.74) is 3.52. The second-order valence-electron chi connectivity index (χ2n) is 10.6. The van der Waals surface area contributed by atoms with Gasteiger partial charge in [0, 0.05) is 18.2 Å². The van der Waals surface area contributed by atoms with Crippen LogP contribution in [0.3, 0.4) is 0 Å². The van der Waals surface area contributed by atoms with Crippen LogP contribution in [-0.4, -0.2) is 60.6 Å². The van der Waals surface area contributed by atoms with Crippen molar-refractivity contribution in [1.82, 2.24) is 9.80 Å². The summed E-state index contributed by atoms with van der Waals surface area (Å²) < 4.78 is 16.7. The summed E-state index contributed by atoms with van der Waals surface area (Å²) in [5.74, 6) is 1.02. The Hall–Kier alpha value is -4.53. The highest BCUT2D eigenvalue weighted by molar-refractivity contribution is 6.05. The second kappa shape index (κ2) is 11.2. The van der Waals surface area contributed by atoms with E-state index >= 15 is 0 Å². The molecule has 0 spiro atoms. The zero-order valence-electron chi connectivity index (χ0n) is 23.2. The molecule has 3 aliphatic heterocycles. The minimum Gasteiger partial charge on any atom is -0.497 e. The van der Waals surface area contributed by atoms with Crippen LogP contribution in [0.15, 0.2) is 66.7 Å². The van der Waals surface area contributed by atoms with Crippen molar-refractivity contribution in [2.75, 3.05) is 26.1 Å². The predicted molar refractivity (Wildman–Crippen MR) is 152 cm³/mol. The molecule has 2 bridgehead atoms. The maximum absolute atomic E-state index is 14.3. The lowest BCUT2D eigenvalue weighted by molar-refractivity contribution is -0.153. The number of hydrogen-bond donors (Lipinski definition) is 1. The molecule has 3 amide bonds. The summed E-state index contributed by atoms with van der Waals surface area (Å²) in [7, 11) is 3.24. The summed E-state index contributed by atoms with van der Waals surface area (Å²) in [5, 5.41) is 2.74. The summed E-state index contributed by atoms with van der Waals surface area (Å²) >= 11 is 0. The first-order chi connectivity index (χ1) is 20.0. The number of carbonyl (C=O) groups excluding carboxylic acids is 3. The van der Waals surface area contributed by atoms with Crippen molar-refractivity contribution in [2.45, 2.75) is 50.4 Å². The first kappa shape index (κ1) is 26.7. The lowest BCUT2D eigenvalue weighted by Crippen LogP contribution is -2.67. The molecular formula is C32H33N3O6. The molecule has 0 radical (unpaired) electrons. The molecule has 3 heterocycles. The van der Waals surface area contributed by atoms with E-state index in [9.17, 15) is 14.4 Å². The molecule has 6 rings (SSSR count). The highest BCUT2D eigenvalue weighted by Gasteiger charge is 2.53. The Morgan fingerprint density at radius 1 is 0.976 bits per heavy atom. The Balaban J connectivity index is 1.31. The number of piperazine rings is 1. The average Bonchev–Trinajstić information content (AvgIpc) is 3.01. The van der Waals surface area contributed by atoms with E-state index in [4.69, 9.17) is 14.2 Å². The highest BCUT2D eigenvalue weighted by Crippen LogP contribution is 2.48. The van der Waals surface area contributed by atoms with Crippen LogP contribution in [0.25, 0.3) is 0 Å². The molecule has 9 heteroatoms. The molecule has 3 aromatic carbocycles. The Morgan fingerprint density at radius 2 is 1.76 bits per heavy atom. The van der Waals surface area contributed by atoms with Crippen molar-refractivity contribution in [3.63, 3.8) is 0 Å². The van der Waals surface area contributed by atoms with Crippen molar-refractivity contribution in [2.24, 2.45) is 0 Å². The number of amides is 3. The SMILES string of the molecule is COc1cc2c(c(OC)c1)C1C3CCC[C@H](C(=O)N1CC2)N3C(=O)c1ccccc1NC(=O)OCc1ccccc1. The number of fused-ring (bicyclic) bond motifs is 6. The van der Waals surface area contributed by atoms with Gasteiger partial charge in [-0.15, -0.1) is 0 Å². The number of carbonyl (C=O) groups is 3. The Kier molecular flexibility index (Phi) is 7.26. The van der Waals surface area contributed by atoms with Crippen molar-refractivity contribution in [1.29, 1.82) is 0 Å². The van der Waals surface area contributed by atoms with Crippen LogP contribution < -0.4 is 14.8 Å². The predicted octanol–water partition coefficient (Wildman–Crippen LogP) is 4.96. The third-order valence-corrected chi connectivity index (χ3v) is 8.36. The number of benzene rings is 3. The van der Waals surface area contributed by atoms with E-state index in [0.29, 0.717) is 42.1 Å². The molecular weight excluding hydrogens is 522 g/mol. The summed E-state index contributed by atoms with van der Waals surface area (Å²) in [6.07, 6.45) is 2.23. The van der Waals surface area contributed by atoms with Gasteiger partial charge in [0.15, 0.2) is 0 Å². The van der Waals surface area contributed by atoms with Crippen molar-refractivity contribution in [3.8, 4) is 11.5 Å². The molecule has 1 N–H and O–H groups in total. The van der Waals surface area contributed by atoms with E-state index in [0.717, 1.165) is 29.5 Å².